The summed E-state index contributed by atoms with van der Waals surface area (Å²) in [4.78, 5) is 27.3. The summed E-state index contributed by atoms with van der Waals surface area (Å²) in [7, 11) is 1.56. The monoisotopic (exact) mass is 458 g/mol. The van der Waals surface area contributed by atoms with E-state index in [0.717, 1.165) is 11.8 Å². The van der Waals surface area contributed by atoms with Crippen molar-refractivity contribution in [2.45, 2.75) is 19.9 Å². The van der Waals surface area contributed by atoms with Crippen LogP contribution in [0.15, 0.2) is 47.4 Å². The number of thioether (sulfide) groups is 1. The first-order valence-electron chi connectivity index (χ1n) is 9.51. The molecule has 2 N–H and O–H groups in total. The molecule has 31 heavy (non-hydrogen) atoms. The van der Waals surface area contributed by atoms with Crippen molar-refractivity contribution in [2.75, 3.05) is 19.0 Å². The van der Waals surface area contributed by atoms with E-state index in [2.05, 4.69) is 5.32 Å². The number of phenolic OH excluding ortho intramolecular Hbond substituents is 1. The minimum atomic E-state index is -0.792. The maximum absolute atomic E-state index is 13.0. The van der Waals surface area contributed by atoms with Gasteiger partial charge in [0.15, 0.2) is 11.5 Å². The predicted octanol–water partition coefficient (Wildman–Crippen LogP) is 4.03. The van der Waals surface area contributed by atoms with Crippen molar-refractivity contribution in [1.29, 1.82) is 0 Å². The van der Waals surface area contributed by atoms with Gasteiger partial charge in [0.05, 0.1) is 18.6 Å². The fraction of sp³-hybridized carbons (Fsp3) is 0.227. The standard InChI is InChI=1S/C22H22N2O5S2/c1-4-29-18-11-14(5-10-17(18)25)12-19-21(27)24(22(30)31-19)13(2)20(26)23-15-6-8-16(28-3)9-7-15/h5-13,25H,4H2,1-3H3,(H,23,26)/b19-12-. The topological polar surface area (TPSA) is 88.1 Å². The van der Waals surface area contributed by atoms with Crippen LogP contribution >= 0.6 is 24.0 Å². The molecule has 1 heterocycles. The second-order valence-electron chi connectivity index (χ2n) is 6.61. The van der Waals surface area contributed by atoms with Crippen LogP contribution in [-0.2, 0) is 9.59 Å². The van der Waals surface area contributed by atoms with Gasteiger partial charge in [-0.05, 0) is 61.9 Å². The molecule has 0 radical (unpaired) electrons. The molecule has 0 bridgehead atoms. The molecular weight excluding hydrogens is 436 g/mol. The summed E-state index contributed by atoms with van der Waals surface area (Å²) in [6.45, 7) is 3.84. The molecule has 2 aromatic carbocycles. The van der Waals surface area contributed by atoms with E-state index in [1.807, 2.05) is 6.92 Å². The Morgan fingerprint density at radius 1 is 1.29 bits per heavy atom. The molecule has 9 heteroatoms. The van der Waals surface area contributed by atoms with Crippen LogP contribution in [0.2, 0.25) is 0 Å². The number of thiocarbonyl (C=S) groups is 1. The van der Waals surface area contributed by atoms with Crippen LogP contribution < -0.4 is 14.8 Å². The van der Waals surface area contributed by atoms with Gasteiger partial charge in [-0.15, -0.1) is 0 Å². The fourth-order valence-electron chi connectivity index (χ4n) is 2.90. The normalized spacial score (nSPS) is 15.8. The third-order valence-corrected chi connectivity index (χ3v) is 5.86. The van der Waals surface area contributed by atoms with Gasteiger partial charge in [-0.3, -0.25) is 14.5 Å². The molecule has 1 saturated heterocycles. The first-order chi connectivity index (χ1) is 14.8. The van der Waals surface area contributed by atoms with Crippen LogP contribution in [-0.4, -0.2) is 45.9 Å². The van der Waals surface area contributed by atoms with E-state index in [1.165, 1.54) is 11.0 Å². The van der Waals surface area contributed by atoms with Crippen LogP contribution in [0.5, 0.6) is 17.2 Å². The van der Waals surface area contributed by atoms with Gasteiger partial charge in [-0.25, -0.2) is 0 Å². The van der Waals surface area contributed by atoms with Crippen molar-refractivity contribution < 1.29 is 24.2 Å². The molecule has 1 aliphatic heterocycles. The minimum absolute atomic E-state index is 0.0235. The number of anilines is 1. The number of nitrogens with one attached hydrogen (secondary N) is 1. The van der Waals surface area contributed by atoms with E-state index >= 15 is 0 Å². The van der Waals surface area contributed by atoms with Crippen molar-refractivity contribution in [3.05, 3.63) is 52.9 Å². The number of carbonyl (C=O) groups is 2. The van der Waals surface area contributed by atoms with Gasteiger partial charge in [0.2, 0.25) is 5.91 Å². The van der Waals surface area contributed by atoms with E-state index in [9.17, 15) is 14.7 Å². The molecule has 162 valence electrons. The lowest BCUT2D eigenvalue weighted by atomic mass is 10.1. The van der Waals surface area contributed by atoms with Crippen molar-refractivity contribution in [3.63, 3.8) is 0 Å². The zero-order chi connectivity index (χ0) is 22.5. The third kappa shape index (κ3) is 5.18. The molecule has 3 rings (SSSR count). The average molecular weight is 459 g/mol. The lowest BCUT2D eigenvalue weighted by molar-refractivity contribution is -0.129. The number of rotatable bonds is 7. The highest BCUT2D eigenvalue weighted by Gasteiger charge is 2.38. The third-order valence-electron chi connectivity index (χ3n) is 4.53. The summed E-state index contributed by atoms with van der Waals surface area (Å²) in [6, 6.07) is 10.9. The summed E-state index contributed by atoms with van der Waals surface area (Å²) in [5.74, 6) is 0.327. The number of amides is 2. The molecule has 2 amide bonds. The van der Waals surface area contributed by atoms with Gasteiger partial charge in [-0.2, -0.15) is 0 Å². The second kappa shape index (κ2) is 9.84. The zero-order valence-electron chi connectivity index (χ0n) is 17.2. The summed E-state index contributed by atoms with van der Waals surface area (Å²) in [6.07, 6.45) is 1.66. The number of hydrogen-bond donors (Lipinski definition) is 2. The Bertz CT molecular complexity index is 1040. The lowest BCUT2D eigenvalue weighted by Crippen LogP contribution is -2.44. The van der Waals surface area contributed by atoms with Crippen LogP contribution in [0.25, 0.3) is 6.08 Å². The minimum Gasteiger partial charge on any atom is -0.504 e. The maximum atomic E-state index is 13.0. The van der Waals surface area contributed by atoms with E-state index in [-0.39, 0.29) is 17.6 Å². The van der Waals surface area contributed by atoms with Crippen molar-refractivity contribution >= 4 is 51.9 Å². The predicted molar refractivity (Wildman–Crippen MR) is 125 cm³/mol. The quantitative estimate of drug-likeness (QED) is 0.478. The Balaban J connectivity index is 1.75. The van der Waals surface area contributed by atoms with Crippen LogP contribution in [0.1, 0.15) is 19.4 Å². The van der Waals surface area contributed by atoms with Gasteiger partial charge < -0.3 is 19.9 Å². The Labute approximate surface area is 190 Å². The molecule has 2 aromatic rings. The Hall–Kier alpha value is -3.04. The highest BCUT2D eigenvalue weighted by atomic mass is 32.2. The van der Waals surface area contributed by atoms with Gasteiger partial charge in [0.1, 0.15) is 16.1 Å². The van der Waals surface area contributed by atoms with Gasteiger partial charge in [0.25, 0.3) is 5.91 Å². The summed E-state index contributed by atoms with van der Waals surface area (Å²) < 4.78 is 10.8. The maximum Gasteiger partial charge on any atom is 0.266 e. The first kappa shape index (κ1) is 22.6. The molecule has 1 fully saturated rings. The van der Waals surface area contributed by atoms with Gasteiger partial charge in [-0.1, -0.05) is 30.0 Å². The van der Waals surface area contributed by atoms with E-state index < -0.39 is 6.04 Å². The van der Waals surface area contributed by atoms with E-state index in [1.54, 1.807) is 56.5 Å². The Morgan fingerprint density at radius 3 is 2.65 bits per heavy atom. The van der Waals surface area contributed by atoms with Gasteiger partial charge in [0, 0.05) is 5.69 Å². The average Bonchev–Trinajstić information content (AvgIpc) is 3.03. The van der Waals surface area contributed by atoms with Crippen molar-refractivity contribution in [1.82, 2.24) is 4.90 Å². The van der Waals surface area contributed by atoms with Crippen molar-refractivity contribution in [3.8, 4) is 17.2 Å². The Morgan fingerprint density at radius 2 is 2.00 bits per heavy atom. The number of carbonyl (C=O) groups excluding carboxylic acids is 2. The molecule has 7 nitrogen and oxygen atoms in total. The van der Waals surface area contributed by atoms with E-state index in [4.69, 9.17) is 21.7 Å². The number of ether oxygens (including phenoxy) is 2. The van der Waals surface area contributed by atoms with Crippen LogP contribution in [0.3, 0.4) is 0 Å². The number of benzene rings is 2. The highest BCUT2D eigenvalue weighted by molar-refractivity contribution is 8.26. The molecular formula is C22H22N2O5S2. The molecule has 0 spiro atoms. The summed E-state index contributed by atoms with van der Waals surface area (Å²) in [5, 5.41) is 12.6. The van der Waals surface area contributed by atoms with E-state index in [0.29, 0.717) is 38.6 Å². The highest BCUT2D eigenvalue weighted by Crippen LogP contribution is 2.35. The summed E-state index contributed by atoms with van der Waals surface area (Å²) in [5.41, 5.74) is 1.27. The molecule has 0 saturated carbocycles. The molecule has 0 aliphatic carbocycles. The Kier molecular flexibility index (Phi) is 7.19. The van der Waals surface area contributed by atoms with Crippen molar-refractivity contribution in [2.24, 2.45) is 0 Å². The number of aromatic hydroxyl groups is 1. The molecule has 1 atom stereocenters. The first-order valence-corrected chi connectivity index (χ1v) is 10.7. The summed E-state index contributed by atoms with van der Waals surface area (Å²) >= 11 is 6.48. The lowest BCUT2D eigenvalue weighted by Gasteiger charge is -2.22. The molecule has 1 unspecified atom stereocenters. The number of hydrogen-bond acceptors (Lipinski definition) is 7. The molecule has 1 aliphatic rings. The number of phenols is 1. The fourth-order valence-corrected chi connectivity index (χ4v) is 4.31. The number of nitrogens with zero attached hydrogens (tertiary/aromatic N) is 1. The van der Waals surface area contributed by atoms with Gasteiger partial charge >= 0.3 is 0 Å². The zero-order valence-corrected chi connectivity index (χ0v) is 18.9. The largest absolute Gasteiger partial charge is 0.504 e. The SMILES string of the molecule is CCOc1cc(/C=C2\SC(=S)N(C(C)C(=O)Nc3ccc(OC)cc3)C2=O)ccc1O. The smallest absolute Gasteiger partial charge is 0.266 e. The second-order valence-corrected chi connectivity index (χ2v) is 8.28. The van der Waals surface area contributed by atoms with Crippen LogP contribution in [0.4, 0.5) is 5.69 Å². The molecule has 0 aromatic heterocycles. The number of methoxy groups -OCH3 is 1. The van der Waals surface area contributed by atoms with Crippen LogP contribution in [0, 0.1) is 0 Å².